The van der Waals surface area contributed by atoms with Gasteiger partial charge in [-0.25, -0.2) is 0 Å². The molecule has 0 radical (unpaired) electrons. The lowest BCUT2D eigenvalue weighted by Gasteiger charge is -2.31. The number of piperidine rings is 1. The van der Waals surface area contributed by atoms with Crippen LogP contribution in [-0.2, 0) is 0 Å². The Kier molecular flexibility index (Phi) is 11.4. The van der Waals surface area contributed by atoms with E-state index in [1.807, 2.05) is 0 Å². The molecule has 1 heterocycles. The molecular formula is C19H39N. The van der Waals surface area contributed by atoms with E-state index < -0.39 is 0 Å². The zero-order valence-electron chi connectivity index (χ0n) is 14.3. The van der Waals surface area contributed by atoms with Crippen molar-refractivity contribution in [3.63, 3.8) is 0 Å². The minimum absolute atomic E-state index is 1.03. The molecule has 1 atom stereocenters. The third kappa shape index (κ3) is 8.29. The van der Waals surface area contributed by atoms with Crippen LogP contribution in [0.2, 0.25) is 0 Å². The normalized spacial score (nSPS) is 18.3. The fraction of sp³-hybridized carbons (Fsp3) is 1.00. The van der Waals surface area contributed by atoms with E-state index >= 15 is 0 Å². The first kappa shape index (κ1) is 18.0. The highest BCUT2D eigenvalue weighted by atomic mass is 14.9. The molecule has 0 bridgehead atoms. The second-order valence-electron chi connectivity index (χ2n) is 6.90. The molecule has 0 unspecified atom stereocenters. The van der Waals surface area contributed by atoms with Gasteiger partial charge in [0.15, 0.2) is 0 Å². The standard InChI is InChI=1S/C19H39N/c1-3-5-7-9-11-13-18(12-10-8-6-4-2)19-14-16-20-17-15-19/h18-20H,3-17H2,1-2H3/t18-/m1/s1. The summed E-state index contributed by atoms with van der Waals surface area (Å²) in [6.45, 7) is 7.17. The van der Waals surface area contributed by atoms with Crippen LogP contribution in [-0.4, -0.2) is 13.1 Å². The third-order valence-corrected chi connectivity index (χ3v) is 5.16. The van der Waals surface area contributed by atoms with Crippen LogP contribution in [0.1, 0.15) is 97.3 Å². The summed E-state index contributed by atoms with van der Waals surface area (Å²) < 4.78 is 0. The molecule has 120 valence electrons. The molecule has 1 nitrogen and oxygen atoms in total. The van der Waals surface area contributed by atoms with Gasteiger partial charge in [-0.2, -0.15) is 0 Å². The van der Waals surface area contributed by atoms with Crippen LogP contribution in [0, 0.1) is 11.8 Å². The number of hydrogen-bond donors (Lipinski definition) is 1. The van der Waals surface area contributed by atoms with Crippen molar-refractivity contribution in [2.75, 3.05) is 13.1 Å². The van der Waals surface area contributed by atoms with Gasteiger partial charge in [0.1, 0.15) is 0 Å². The van der Waals surface area contributed by atoms with Crippen LogP contribution >= 0.6 is 0 Å². The predicted octanol–water partition coefficient (Wildman–Crippen LogP) is 5.93. The van der Waals surface area contributed by atoms with Gasteiger partial charge in [-0.1, -0.05) is 84.5 Å². The smallest absolute Gasteiger partial charge is 0.00462 e. The summed E-state index contributed by atoms with van der Waals surface area (Å²) in [6, 6.07) is 0. The van der Waals surface area contributed by atoms with E-state index in [2.05, 4.69) is 19.2 Å². The van der Waals surface area contributed by atoms with E-state index in [1.54, 1.807) is 0 Å². The Hall–Kier alpha value is -0.0400. The van der Waals surface area contributed by atoms with E-state index in [4.69, 9.17) is 0 Å². The molecule has 1 heteroatoms. The van der Waals surface area contributed by atoms with Gasteiger partial charge in [0.2, 0.25) is 0 Å². The highest BCUT2D eigenvalue weighted by Gasteiger charge is 2.22. The van der Waals surface area contributed by atoms with Gasteiger partial charge < -0.3 is 5.32 Å². The predicted molar refractivity (Wildman–Crippen MR) is 91.2 cm³/mol. The van der Waals surface area contributed by atoms with Gasteiger partial charge in [0.25, 0.3) is 0 Å². The zero-order chi connectivity index (χ0) is 14.5. The van der Waals surface area contributed by atoms with E-state index in [0.29, 0.717) is 0 Å². The third-order valence-electron chi connectivity index (χ3n) is 5.16. The maximum Gasteiger partial charge on any atom is -0.00462 e. The summed E-state index contributed by atoms with van der Waals surface area (Å²) in [4.78, 5) is 0. The Balaban J connectivity index is 2.22. The van der Waals surface area contributed by atoms with Crippen molar-refractivity contribution < 1.29 is 0 Å². The highest BCUT2D eigenvalue weighted by molar-refractivity contribution is 4.76. The average Bonchev–Trinajstić information content (AvgIpc) is 2.50. The van der Waals surface area contributed by atoms with Crippen molar-refractivity contribution in [3.8, 4) is 0 Å². The Bertz CT molecular complexity index is 196. The molecule has 1 rings (SSSR count). The van der Waals surface area contributed by atoms with Crippen molar-refractivity contribution in [2.24, 2.45) is 11.8 Å². The van der Waals surface area contributed by atoms with Crippen LogP contribution < -0.4 is 5.32 Å². The maximum absolute atomic E-state index is 3.53. The van der Waals surface area contributed by atoms with Gasteiger partial charge in [-0.15, -0.1) is 0 Å². The van der Waals surface area contributed by atoms with Crippen molar-refractivity contribution in [1.82, 2.24) is 5.32 Å². The molecule has 1 fully saturated rings. The molecule has 0 aliphatic carbocycles. The highest BCUT2D eigenvalue weighted by Crippen LogP contribution is 2.31. The summed E-state index contributed by atoms with van der Waals surface area (Å²) in [7, 11) is 0. The summed E-state index contributed by atoms with van der Waals surface area (Å²) in [5.74, 6) is 2.07. The van der Waals surface area contributed by atoms with Crippen LogP contribution in [0.25, 0.3) is 0 Å². The molecule has 0 saturated carbocycles. The second kappa shape index (κ2) is 12.7. The number of nitrogens with one attached hydrogen (secondary N) is 1. The van der Waals surface area contributed by atoms with Crippen molar-refractivity contribution >= 4 is 0 Å². The number of hydrogen-bond acceptors (Lipinski definition) is 1. The fourth-order valence-electron chi connectivity index (χ4n) is 3.77. The molecule has 0 spiro atoms. The fourth-order valence-corrected chi connectivity index (χ4v) is 3.77. The molecule has 0 aromatic carbocycles. The summed E-state index contributed by atoms with van der Waals surface area (Å²) >= 11 is 0. The first-order chi connectivity index (χ1) is 9.88. The molecule has 1 saturated heterocycles. The number of unbranched alkanes of at least 4 members (excludes halogenated alkanes) is 7. The Morgan fingerprint density at radius 3 is 1.80 bits per heavy atom. The SMILES string of the molecule is CCCCCCC[C@@H](CCCCCC)C1CCNCC1. The molecule has 1 N–H and O–H groups in total. The minimum atomic E-state index is 1.03. The molecule has 0 aromatic rings. The average molecular weight is 282 g/mol. The van der Waals surface area contributed by atoms with Crippen LogP contribution in [0.15, 0.2) is 0 Å². The van der Waals surface area contributed by atoms with E-state index in [1.165, 1.54) is 96.6 Å². The van der Waals surface area contributed by atoms with Gasteiger partial charge in [0, 0.05) is 0 Å². The molecule has 20 heavy (non-hydrogen) atoms. The van der Waals surface area contributed by atoms with Gasteiger partial charge >= 0.3 is 0 Å². The van der Waals surface area contributed by atoms with E-state index in [9.17, 15) is 0 Å². The maximum atomic E-state index is 3.53. The lowest BCUT2D eigenvalue weighted by molar-refractivity contribution is 0.224. The van der Waals surface area contributed by atoms with Crippen LogP contribution in [0.4, 0.5) is 0 Å². The Morgan fingerprint density at radius 1 is 0.750 bits per heavy atom. The quantitative estimate of drug-likeness (QED) is 0.437. The molecule has 0 aromatic heterocycles. The topological polar surface area (TPSA) is 12.0 Å². The Morgan fingerprint density at radius 2 is 1.25 bits per heavy atom. The largest absolute Gasteiger partial charge is 0.317 e. The van der Waals surface area contributed by atoms with Gasteiger partial charge in [0.05, 0.1) is 0 Å². The van der Waals surface area contributed by atoms with Gasteiger partial charge in [-0.3, -0.25) is 0 Å². The minimum Gasteiger partial charge on any atom is -0.317 e. The van der Waals surface area contributed by atoms with Crippen molar-refractivity contribution in [1.29, 1.82) is 0 Å². The second-order valence-corrected chi connectivity index (χ2v) is 6.90. The first-order valence-electron chi connectivity index (χ1n) is 9.59. The molecule has 0 amide bonds. The monoisotopic (exact) mass is 281 g/mol. The van der Waals surface area contributed by atoms with E-state index in [0.717, 1.165) is 11.8 Å². The van der Waals surface area contributed by atoms with E-state index in [-0.39, 0.29) is 0 Å². The lowest BCUT2D eigenvalue weighted by atomic mass is 9.79. The van der Waals surface area contributed by atoms with Crippen molar-refractivity contribution in [3.05, 3.63) is 0 Å². The Labute approximate surface area is 128 Å². The first-order valence-corrected chi connectivity index (χ1v) is 9.59. The van der Waals surface area contributed by atoms with Crippen molar-refractivity contribution in [2.45, 2.75) is 97.3 Å². The number of rotatable bonds is 12. The van der Waals surface area contributed by atoms with Gasteiger partial charge in [-0.05, 0) is 37.8 Å². The summed E-state index contributed by atoms with van der Waals surface area (Å²) in [6.07, 6.45) is 18.9. The lowest BCUT2D eigenvalue weighted by Crippen LogP contribution is -2.31. The molecule has 1 aliphatic heterocycles. The molecule has 1 aliphatic rings. The molecular weight excluding hydrogens is 242 g/mol. The summed E-state index contributed by atoms with van der Waals surface area (Å²) in [5.41, 5.74) is 0. The zero-order valence-corrected chi connectivity index (χ0v) is 14.3. The summed E-state index contributed by atoms with van der Waals surface area (Å²) in [5, 5.41) is 3.53. The van der Waals surface area contributed by atoms with Crippen LogP contribution in [0.3, 0.4) is 0 Å². The van der Waals surface area contributed by atoms with Crippen LogP contribution in [0.5, 0.6) is 0 Å².